The van der Waals surface area contributed by atoms with Crippen LogP contribution in [0.15, 0.2) is 22.2 Å². The van der Waals surface area contributed by atoms with Crippen LogP contribution >= 0.6 is 0 Å². The molecule has 2 aliphatic rings. The first kappa shape index (κ1) is 31.8. The number of fused-ring (bicyclic) bond motifs is 2. The Bertz CT molecular complexity index is 1530. The van der Waals surface area contributed by atoms with E-state index in [4.69, 9.17) is 20.2 Å². The number of carbonyl (C=O) groups is 1. The molecule has 2 aromatic rings. The molecule has 1 aromatic heterocycles. The number of sulfonamides is 1. The summed E-state index contributed by atoms with van der Waals surface area (Å²) in [4.78, 5) is 24.9. The average Bonchev–Trinajstić information content (AvgIpc) is 3.41. The van der Waals surface area contributed by atoms with Gasteiger partial charge in [-0.2, -0.15) is 5.10 Å². The molecule has 2 aliphatic heterocycles. The van der Waals surface area contributed by atoms with Crippen molar-refractivity contribution in [2.24, 2.45) is 15.5 Å². The average molecular weight is 600 g/mol. The Morgan fingerprint density at radius 1 is 1.26 bits per heavy atom. The molecule has 0 bridgehead atoms. The van der Waals surface area contributed by atoms with E-state index in [1.807, 2.05) is 6.92 Å². The van der Waals surface area contributed by atoms with E-state index in [9.17, 15) is 13.2 Å². The van der Waals surface area contributed by atoms with Gasteiger partial charge < -0.3 is 10.0 Å². The van der Waals surface area contributed by atoms with Gasteiger partial charge in [-0.1, -0.05) is 34.6 Å². The number of nitrogens with one attached hydrogen (secondary N) is 1. The zero-order chi connectivity index (χ0) is 31.2. The summed E-state index contributed by atoms with van der Waals surface area (Å²) in [6, 6.07) is 4.39. The van der Waals surface area contributed by atoms with Crippen LogP contribution in [-0.2, 0) is 14.8 Å². The third kappa shape index (κ3) is 6.91. The highest BCUT2D eigenvalue weighted by Crippen LogP contribution is 2.46. The number of nitrogens with zero attached hydrogens (tertiary/aromatic N) is 6. The minimum Gasteiger partial charge on any atom is -0.481 e. The number of hydrogen-bond donors (Lipinski definition) is 2. The van der Waals surface area contributed by atoms with Gasteiger partial charge in [0.25, 0.3) is 0 Å². The number of aryl methyl sites for hydroxylation is 1. The smallest absolute Gasteiger partial charge is 0.303 e. The zero-order valence-corrected chi connectivity index (χ0v) is 27.1. The highest BCUT2D eigenvalue weighted by molar-refractivity contribution is 7.88. The van der Waals surface area contributed by atoms with Gasteiger partial charge in [0.05, 0.1) is 17.7 Å². The summed E-state index contributed by atoms with van der Waals surface area (Å²) in [5, 5.41) is 18.4. The van der Waals surface area contributed by atoms with Gasteiger partial charge >= 0.3 is 5.97 Å². The van der Waals surface area contributed by atoms with Gasteiger partial charge in [0.2, 0.25) is 15.8 Å². The standard InChI is InChI=1S/C30H45N7O4S/c1-18-14-23-21(19(2)16-30(7,8)36(23)13-11-10-12-24(38)39)15-22(18)32-25-26(29(4,5)6)34-37-28(25)33-27(35-37)20(3)17-31-42(9,40)41/h14-15,19-20,31H,10-13,16-17H2,1-9H3,(H,38,39). The van der Waals surface area contributed by atoms with E-state index in [0.717, 1.165) is 42.6 Å². The number of rotatable bonds is 10. The molecule has 2 N–H and O–H groups in total. The fourth-order valence-corrected chi connectivity index (χ4v) is 6.35. The molecule has 0 radical (unpaired) electrons. The molecule has 42 heavy (non-hydrogen) atoms. The van der Waals surface area contributed by atoms with E-state index >= 15 is 0 Å². The van der Waals surface area contributed by atoms with Crippen molar-refractivity contribution in [1.82, 2.24) is 19.6 Å². The lowest BCUT2D eigenvalue weighted by Crippen LogP contribution is -2.48. The number of anilines is 1. The van der Waals surface area contributed by atoms with Crippen molar-refractivity contribution in [3.8, 4) is 0 Å². The third-order valence-corrected chi connectivity index (χ3v) is 8.69. The molecule has 0 fully saturated rings. The Kier molecular flexibility index (Phi) is 8.72. The molecule has 2 atom stereocenters. The number of aromatic nitrogens is 3. The summed E-state index contributed by atoms with van der Waals surface area (Å²) in [6.45, 7) is 17.9. The SMILES string of the molecule is Cc1cc2c(cc1N=C1C(C(C)(C)C)=Nn3nc(C(C)CNS(C)(=O)=O)nc31)C(C)CC(C)(C)N2CCCCC(=O)O. The van der Waals surface area contributed by atoms with Crippen molar-refractivity contribution in [2.45, 2.75) is 98.4 Å². The van der Waals surface area contributed by atoms with Crippen LogP contribution in [0, 0.1) is 12.3 Å². The number of carboxylic acids is 1. The molecule has 0 aliphatic carbocycles. The molecule has 230 valence electrons. The minimum atomic E-state index is -3.33. The number of aliphatic carboxylic acids is 1. The van der Waals surface area contributed by atoms with Crippen LogP contribution in [0.4, 0.5) is 11.4 Å². The Labute approximate surface area is 249 Å². The maximum absolute atomic E-state index is 11.6. The molecule has 0 saturated heterocycles. The number of hydrogen-bond acceptors (Lipinski definition) is 8. The second-order valence-electron chi connectivity index (χ2n) is 13.5. The Morgan fingerprint density at radius 3 is 2.57 bits per heavy atom. The summed E-state index contributed by atoms with van der Waals surface area (Å²) in [7, 11) is -3.33. The number of carboxylic acid groups (broad SMARTS) is 1. The summed E-state index contributed by atoms with van der Waals surface area (Å²) in [5.41, 5.74) is 5.39. The summed E-state index contributed by atoms with van der Waals surface area (Å²) in [6.07, 6.45) is 3.76. The predicted octanol–water partition coefficient (Wildman–Crippen LogP) is 4.97. The molecule has 0 spiro atoms. The third-order valence-electron chi connectivity index (χ3n) is 8.00. The second-order valence-corrected chi connectivity index (χ2v) is 15.3. The van der Waals surface area contributed by atoms with Crippen LogP contribution in [0.5, 0.6) is 0 Å². The summed E-state index contributed by atoms with van der Waals surface area (Å²) in [5.74, 6) is 0.371. The van der Waals surface area contributed by atoms with Crippen molar-refractivity contribution in [3.63, 3.8) is 0 Å². The summed E-state index contributed by atoms with van der Waals surface area (Å²) >= 11 is 0. The van der Waals surface area contributed by atoms with E-state index in [1.54, 1.807) is 0 Å². The molecule has 12 heteroatoms. The van der Waals surface area contributed by atoms with Crippen molar-refractivity contribution >= 4 is 38.8 Å². The number of benzene rings is 1. The van der Waals surface area contributed by atoms with E-state index in [1.165, 1.54) is 16.0 Å². The quantitative estimate of drug-likeness (QED) is 0.367. The van der Waals surface area contributed by atoms with Gasteiger partial charge in [-0.15, -0.1) is 9.89 Å². The molecule has 0 saturated carbocycles. The first-order valence-corrected chi connectivity index (χ1v) is 16.5. The molecule has 4 rings (SSSR count). The van der Waals surface area contributed by atoms with Crippen LogP contribution in [0.2, 0.25) is 0 Å². The predicted molar refractivity (Wildman–Crippen MR) is 167 cm³/mol. The number of aliphatic imine (C=N–C) groups is 1. The number of unbranched alkanes of at least 4 members (excludes halogenated alkanes) is 1. The Morgan fingerprint density at radius 2 is 1.95 bits per heavy atom. The highest BCUT2D eigenvalue weighted by Gasteiger charge is 2.38. The maximum Gasteiger partial charge on any atom is 0.303 e. The van der Waals surface area contributed by atoms with Gasteiger partial charge in [0, 0.05) is 42.1 Å². The molecule has 2 unspecified atom stereocenters. The van der Waals surface area contributed by atoms with Crippen LogP contribution in [0.1, 0.15) is 109 Å². The van der Waals surface area contributed by atoms with Crippen molar-refractivity contribution in [1.29, 1.82) is 0 Å². The van der Waals surface area contributed by atoms with Gasteiger partial charge in [-0.3, -0.25) is 4.79 Å². The largest absolute Gasteiger partial charge is 0.481 e. The second kappa shape index (κ2) is 11.5. The van der Waals surface area contributed by atoms with Crippen LogP contribution in [-0.4, -0.2) is 70.7 Å². The highest BCUT2D eigenvalue weighted by atomic mass is 32.2. The molecule has 1 aromatic carbocycles. The van der Waals surface area contributed by atoms with E-state index in [0.29, 0.717) is 29.7 Å². The Balaban J connectivity index is 1.72. The van der Waals surface area contributed by atoms with E-state index in [-0.39, 0.29) is 29.8 Å². The fraction of sp³-hybridized carbons (Fsp3) is 0.633. The van der Waals surface area contributed by atoms with Crippen LogP contribution < -0.4 is 9.62 Å². The molecule has 11 nitrogen and oxygen atoms in total. The zero-order valence-electron chi connectivity index (χ0n) is 26.3. The first-order chi connectivity index (χ1) is 19.4. The lowest BCUT2D eigenvalue weighted by atomic mass is 9.79. The molecule has 0 amide bonds. The lowest BCUT2D eigenvalue weighted by Gasteiger charge is -2.48. The maximum atomic E-state index is 11.6. The van der Waals surface area contributed by atoms with Gasteiger partial charge in [-0.25, -0.2) is 23.1 Å². The molecular weight excluding hydrogens is 554 g/mol. The Hall–Kier alpha value is -3.12. The van der Waals surface area contributed by atoms with Gasteiger partial charge in [-0.05, 0) is 69.2 Å². The van der Waals surface area contributed by atoms with Crippen LogP contribution in [0.25, 0.3) is 0 Å². The van der Waals surface area contributed by atoms with Gasteiger partial charge in [0.15, 0.2) is 5.82 Å². The normalized spacial score (nSPS) is 19.9. The lowest BCUT2D eigenvalue weighted by molar-refractivity contribution is -0.137. The van der Waals surface area contributed by atoms with Gasteiger partial charge in [0.1, 0.15) is 5.71 Å². The molecule has 3 heterocycles. The van der Waals surface area contributed by atoms with Crippen molar-refractivity contribution in [3.05, 3.63) is 34.9 Å². The van der Waals surface area contributed by atoms with E-state index in [2.05, 4.69) is 75.3 Å². The van der Waals surface area contributed by atoms with Crippen molar-refractivity contribution < 1.29 is 18.3 Å². The fourth-order valence-electron chi connectivity index (χ4n) is 5.80. The van der Waals surface area contributed by atoms with Crippen LogP contribution in [0.3, 0.4) is 0 Å². The topological polar surface area (TPSA) is 142 Å². The minimum absolute atomic E-state index is 0.0531. The monoisotopic (exact) mass is 599 g/mol. The van der Waals surface area contributed by atoms with E-state index < -0.39 is 16.0 Å². The summed E-state index contributed by atoms with van der Waals surface area (Å²) < 4.78 is 25.7. The first-order valence-electron chi connectivity index (χ1n) is 14.6. The van der Waals surface area contributed by atoms with Crippen molar-refractivity contribution in [2.75, 3.05) is 24.2 Å². The molecular formula is C30H45N7O4S.